The predicted octanol–water partition coefficient (Wildman–Crippen LogP) is 2.16. The lowest BCUT2D eigenvalue weighted by Gasteiger charge is -2.04. The Morgan fingerprint density at radius 3 is 2.88 bits per heavy atom. The van der Waals surface area contributed by atoms with Gasteiger partial charge in [-0.2, -0.15) is 0 Å². The van der Waals surface area contributed by atoms with Gasteiger partial charge in [0.1, 0.15) is 12.4 Å². The van der Waals surface area contributed by atoms with Gasteiger partial charge in [-0.25, -0.2) is 9.78 Å². The third-order valence-corrected chi connectivity index (χ3v) is 1.95. The number of nitrogens with zero attached hydrogens (tertiary/aromatic N) is 1. The Labute approximate surface area is 92.5 Å². The smallest absolute Gasteiger partial charge is 0.413 e. The van der Waals surface area contributed by atoms with Crippen LogP contribution in [-0.4, -0.2) is 16.1 Å². The number of carbonyl (C=O) groups is 1. The maximum absolute atomic E-state index is 11.3. The number of aromatic amines is 1. The van der Waals surface area contributed by atoms with Crippen molar-refractivity contribution in [2.75, 3.05) is 5.32 Å². The molecule has 2 N–H and O–H groups in total. The molecule has 1 aromatic heterocycles. The molecule has 0 radical (unpaired) electrons. The van der Waals surface area contributed by atoms with Crippen LogP contribution in [0, 0.1) is 0 Å². The zero-order valence-electron chi connectivity index (χ0n) is 8.51. The Morgan fingerprint density at radius 1 is 1.38 bits per heavy atom. The van der Waals surface area contributed by atoms with E-state index in [4.69, 9.17) is 4.74 Å². The number of H-pyrrole nitrogens is 1. The number of anilines is 1. The second-order valence-corrected chi connectivity index (χ2v) is 3.15. The van der Waals surface area contributed by atoms with Gasteiger partial charge in [-0.3, -0.25) is 5.32 Å². The molecule has 2 rings (SSSR count). The largest absolute Gasteiger partial charge is 0.444 e. The molecule has 0 aliphatic heterocycles. The van der Waals surface area contributed by atoms with Gasteiger partial charge in [0.15, 0.2) is 0 Å². The summed E-state index contributed by atoms with van der Waals surface area (Å²) in [4.78, 5) is 17.8. The van der Waals surface area contributed by atoms with E-state index in [1.807, 2.05) is 30.3 Å². The van der Waals surface area contributed by atoms with Crippen molar-refractivity contribution in [1.82, 2.24) is 9.97 Å². The fourth-order valence-corrected chi connectivity index (χ4v) is 1.19. The number of benzene rings is 1. The molecule has 0 aliphatic carbocycles. The average molecular weight is 217 g/mol. The minimum absolute atomic E-state index is 0.251. The summed E-state index contributed by atoms with van der Waals surface area (Å²) in [5, 5.41) is 2.51. The van der Waals surface area contributed by atoms with Gasteiger partial charge < -0.3 is 9.72 Å². The number of ether oxygens (including phenoxy) is 1. The monoisotopic (exact) mass is 217 g/mol. The van der Waals surface area contributed by atoms with Crippen molar-refractivity contribution in [3.63, 3.8) is 0 Å². The highest BCUT2D eigenvalue weighted by molar-refractivity contribution is 5.82. The molecule has 0 fully saturated rings. The number of aromatic nitrogens is 2. The lowest BCUT2D eigenvalue weighted by Crippen LogP contribution is -2.13. The lowest BCUT2D eigenvalue weighted by atomic mass is 10.2. The van der Waals surface area contributed by atoms with Crippen LogP contribution < -0.4 is 5.32 Å². The highest BCUT2D eigenvalue weighted by atomic mass is 16.5. The predicted molar refractivity (Wildman–Crippen MR) is 58.8 cm³/mol. The van der Waals surface area contributed by atoms with Crippen molar-refractivity contribution in [3.05, 3.63) is 48.4 Å². The molecule has 1 aromatic carbocycles. The quantitative estimate of drug-likeness (QED) is 0.827. The normalized spacial score (nSPS) is 9.75. The molecule has 0 aliphatic rings. The van der Waals surface area contributed by atoms with E-state index in [1.165, 1.54) is 12.5 Å². The van der Waals surface area contributed by atoms with Crippen molar-refractivity contribution in [1.29, 1.82) is 0 Å². The van der Waals surface area contributed by atoms with Gasteiger partial charge in [0.05, 0.1) is 12.5 Å². The number of amides is 1. The number of imidazole rings is 1. The molecule has 5 nitrogen and oxygen atoms in total. The van der Waals surface area contributed by atoms with Crippen molar-refractivity contribution >= 4 is 11.9 Å². The Kier molecular flexibility index (Phi) is 3.18. The van der Waals surface area contributed by atoms with Crippen LogP contribution in [0.1, 0.15) is 5.56 Å². The van der Waals surface area contributed by atoms with Crippen LogP contribution in [0.3, 0.4) is 0 Å². The van der Waals surface area contributed by atoms with Crippen LogP contribution in [0.2, 0.25) is 0 Å². The highest BCUT2D eigenvalue weighted by Gasteiger charge is 2.03. The third-order valence-electron chi connectivity index (χ3n) is 1.95. The molecule has 0 atom stereocenters. The van der Waals surface area contributed by atoms with Crippen LogP contribution in [-0.2, 0) is 11.3 Å². The molecule has 82 valence electrons. The third kappa shape index (κ3) is 2.84. The first-order chi connectivity index (χ1) is 7.84. The number of carbonyl (C=O) groups excluding carboxylic acids is 1. The van der Waals surface area contributed by atoms with Gasteiger partial charge in [0, 0.05) is 0 Å². The van der Waals surface area contributed by atoms with Crippen molar-refractivity contribution in [2.24, 2.45) is 0 Å². The molecule has 1 amide bonds. The van der Waals surface area contributed by atoms with Gasteiger partial charge in [-0.1, -0.05) is 30.3 Å². The zero-order chi connectivity index (χ0) is 11.2. The zero-order valence-corrected chi connectivity index (χ0v) is 8.51. The summed E-state index contributed by atoms with van der Waals surface area (Å²) in [5.41, 5.74) is 0.947. The van der Waals surface area contributed by atoms with Gasteiger partial charge in [0.2, 0.25) is 0 Å². The maximum Gasteiger partial charge on any atom is 0.413 e. The minimum atomic E-state index is -0.506. The van der Waals surface area contributed by atoms with E-state index < -0.39 is 6.09 Å². The SMILES string of the molecule is O=C(Nc1cnc[nH]1)OCc1ccccc1. The summed E-state index contributed by atoms with van der Waals surface area (Å²) in [7, 11) is 0. The maximum atomic E-state index is 11.3. The molecular formula is C11H11N3O2. The molecule has 16 heavy (non-hydrogen) atoms. The van der Waals surface area contributed by atoms with Gasteiger partial charge in [-0.15, -0.1) is 0 Å². The topological polar surface area (TPSA) is 67.0 Å². The van der Waals surface area contributed by atoms with E-state index in [0.29, 0.717) is 5.82 Å². The second kappa shape index (κ2) is 4.97. The first kappa shape index (κ1) is 10.2. The van der Waals surface area contributed by atoms with E-state index in [1.54, 1.807) is 0 Å². The Balaban J connectivity index is 1.80. The Bertz CT molecular complexity index is 440. The number of hydrogen-bond acceptors (Lipinski definition) is 3. The number of rotatable bonds is 3. The summed E-state index contributed by atoms with van der Waals surface area (Å²) in [6.45, 7) is 0.251. The first-order valence-electron chi connectivity index (χ1n) is 4.80. The minimum Gasteiger partial charge on any atom is -0.444 e. The van der Waals surface area contributed by atoms with Crippen LogP contribution in [0.5, 0.6) is 0 Å². The van der Waals surface area contributed by atoms with E-state index in [9.17, 15) is 4.79 Å². The van der Waals surface area contributed by atoms with Gasteiger partial charge in [0.25, 0.3) is 0 Å². The molecule has 1 heterocycles. The summed E-state index contributed by atoms with van der Waals surface area (Å²) < 4.78 is 5.00. The van der Waals surface area contributed by atoms with Crippen LogP contribution in [0.25, 0.3) is 0 Å². The van der Waals surface area contributed by atoms with Crippen LogP contribution >= 0.6 is 0 Å². The second-order valence-electron chi connectivity index (χ2n) is 3.15. The van der Waals surface area contributed by atoms with E-state index in [-0.39, 0.29) is 6.61 Å². The molecule has 5 heteroatoms. The fourth-order valence-electron chi connectivity index (χ4n) is 1.19. The molecule has 0 saturated heterocycles. The molecule has 0 unspecified atom stereocenters. The van der Waals surface area contributed by atoms with Crippen molar-refractivity contribution in [3.8, 4) is 0 Å². The number of hydrogen-bond donors (Lipinski definition) is 2. The fraction of sp³-hybridized carbons (Fsp3) is 0.0909. The standard InChI is InChI=1S/C11H11N3O2/c15-11(14-10-6-12-8-13-10)16-7-9-4-2-1-3-5-9/h1-6,8H,7H2,(H,12,13)(H,14,15). The highest BCUT2D eigenvalue weighted by Crippen LogP contribution is 2.03. The van der Waals surface area contributed by atoms with Gasteiger partial charge >= 0.3 is 6.09 Å². The van der Waals surface area contributed by atoms with E-state index >= 15 is 0 Å². The molecule has 0 spiro atoms. The average Bonchev–Trinajstić information content (AvgIpc) is 2.81. The van der Waals surface area contributed by atoms with E-state index in [2.05, 4.69) is 15.3 Å². The Hall–Kier alpha value is -2.30. The van der Waals surface area contributed by atoms with Crippen LogP contribution in [0.15, 0.2) is 42.9 Å². The Morgan fingerprint density at radius 2 is 2.19 bits per heavy atom. The molecule has 2 aromatic rings. The van der Waals surface area contributed by atoms with Crippen molar-refractivity contribution < 1.29 is 9.53 Å². The van der Waals surface area contributed by atoms with Crippen molar-refractivity contribution in [2.45, 2.75) is 6.61 Å². The first-order valence-corrected chi connectivity index (χ1v) is 4.80. The van der Waals surface area contributed by atoms with E-state index in [0.717, 1.165) is 5.56 Å². The van der Waals surface area contributed by atoms with Gasteiger partial charge in [-0.05, 0) is 5.56 Å². The molecule has 0 bridgehead atoms. The van der Waals surface area contributed by atoms with Crippen LogP contribution in [0.4, 0.5) is 10.6 Å². The number of nitrogens with one attached hydrogen (secondary N) is 2. The summed E-state index contributed by atoms with van der Waals surface area (Å²) >= 11 is 0. The lowest BCUT2D eigenvalue weighted by molar-refractivity contribution is 0.155. The molecule has 0 saturated carbocycles. The summed E-state index contributed by atoms with van der Waals surface area (Å²) in [5.74, 6) is 0.512. The summed E-state index contributed by atoms with van der Waals surface area (Å²) in [6.07, 6.45) is 2.48. The summed E-state index contributed by atoms with van der Waals surface area (Å²) in [6, 6.07) is 9.48. The molecular weight excluding hydrogens is 206 g/mol.